The molecule has 218 valence electrons. The monoisotopic (exact) mass is 696 g/mol. The average molecular weight is 699 g/mol. The van der Waals surface area contributed by atoms with Gasteiger partial charge < -0.3 is 50.9 Å². The smallest absolute Gasteiger partial charge is 0.219 e. The summed E-state index contributed by atoms with van der Waals surface area (Å²) >= 11 is 0. The summed E-state index contributed by atoms with van der Waals surface area (Å²) in [6, 6.07) is 21.1. The maximum Gasteiger partial charge on any atom is 0.219 e. The van der Waals surface area contributed by atoms with Crippen molar-refractivity contribution in [3.05, 3.63) is 144 Å². The second kappa shape index (κ2) is 11.4. The number of para-hydroxylation sites is 2. The van der Waals surface area contributed by atoms with Gasteiger partial charge in [0.15, 0.2) is 12.4 Å². The Morgan fingerprint density at radius 1 is 0.512 bits per heavy atom. The summed E-state index contributed by atoms with van der Waals surface area (Å²) < 4.78 is 4.93. The molecule has 43 heavy (non-hydrogen) atoms. The fraction of sp³-hybridized carbons (Fsp3) is 0.167. The van der Waals surface area contributed by atoms with Crippen molar-refractivity contribution in [2.24, 2.45) is 0 Å². The third kappa shape index (κ3) is 4.20. The fourth-order valence-electron chi connectivity index (χ4n) is 7.68. The van der Waals surface area contributed by atoms with Crippen molar-refractivity contribution >= 4 is 33.2 Å². The Morgan fingerprint density at radius 3 is 1.21 bits per heavy atom. The number of allylic oxidation sites excluding steroid dienone is 12. The summed E-state index contributed by atoms with van der Waals surface area (Å²) in [5.74, 6) is 0. The topological polar surface area (TPSA) is 91.3 Å². The number of nitrogens with two attached hydrogens (primary N) is 2. The van der Waals surface area contributed by atoms with Crippen LogP contribution in [0.25, 0.3) is 21.8 Å². The SMILES string of the molecule is Nc1cc[n+](C2(CCCCC3([n+]4ccc(N)c5ccccc54)C4=CC=C3C=C4)C3=CC=C2C=C3)c2ccccc12.O.[Br-].[Br-]. The molecule has 0 spiro atoms. The van der Waals surface area contributed by atoms with E-state index in [1.807, 2.05) is 0 Å². The molecule has 0 aliphatic heterocycles. The lowest BCUT2D eigenvalue weighted by atomic mass is 9.81. The molecule has 0 amide bonds. The first-order chi connectivity index (χ1) is 19.6. The first-order valence-electron chi connectivity index (χ1n) is 14.2. The largest absolute Gasteiger partial charge is 1.00 e. The quantitative estimate of drug-likeness (QED) is 0.200. The first-order valence-corrected chi connectivity index (χ1v) is 14.2. The normalized spacial score (nSPS) is 17.6. The van der Waals surface area contributed by atoms with Crippen molar-refractivity contribution in [1.82, 2.24) is 0 Å². The van der Waals surface area contributed by atoms with Crippen LogP contribution in [0.4, 0.5) is 11.4 Å². The summed E-state index contributed by atoms with van der Waals surface area (Å²) in [6.07, 6.45) is 27.0. The van der Waals surface area contributed by atoms with Gasteiger partial charge >= 0.3 is 0 Å². The van der Waals surface area contributed by atoms with Gasteiger partial charge in [0, 0.05) is 59.4 Å². The summed E-state index contributed by atoms with van der Waals surface area (Å²) in [6.45, 7) is 0. The summed E-state index contributed by atoms with van der Waals surface area (Å²) in [7, 11) is 0. The number of fused-ring (bicyclic) bond motifs is 6. The van der Waals surface area contributed by atoms with Crippen molar-refractivity contribution in [3.63, 3.8) is 0 Å². The zero-order chi connectivity index (χ0) is 26.9. The lowest BCUT2D eigenvalue weighted by Gasteiger charge is -2.28. The molecular formula is C36H34Br2N4O. The molecule has 6 N–H and O–H groups in total. The zero-order valence-electron chi connectivity index (χ0n) is 23.7. The number of nitrogens with zero attached hydrogens (tertiary/aromatic N) is 2. The van der Waals surface area contributed by atoms with Gasteiger partial charge in [0.05, 0.1) is 22.1 Å². The van der Waals surface area contributed by atoms with Crippen molar-refractivity contribution < 1.29 is 48.6 Å². The number of nitrogen functional groups attached to an aromatic ring is 2. The molecule has 0 fully saturated rings. The standard InChI is InChI=1S/C36H30N4.2BrH.H2O/c37-31-19-23-39(33-9-3-1-7-29(31)33)35(25-11-12-26(35)14-13-25)21-5-6-22-36(27-15-16-28(36)18-17-27)40-24-20-32(38)30-8-2-4-10-34(30)40;;;/h1-4,7-20,23-24,37-38H,5-6,21-22H2;2*1H;1H2. The van der Waals surface area contributed by atoms with E-state index in [1.165, 1.54) is 33.3 Å². The molecule has 7 heteroatoms. The number of benzene rings is 2. The molecule has 4 bridgehead atoms. The molecular weight excluding hydrogens is 664 g/mol. The number of unbranched alkanes of at least 4 members (excludes halogenated alkanes) is 1. The van der Waals surface area contributed by atoms with E-state index in [2.05, 4.69) is 131 Å². The van der Waals surface area contributed by atoms with Crippen LogP contribution >= 0.6 is 0 Å². The van der Waals surface area contributed by atoms with Crippen molar-refractivity contribution in [3.8, 4) is 0 Å². The molecule has 4 aliphatic rings. The lowest BCUT2D eigenvalue weighted by molar-refractivity contribution is -0.722. The zero-order valence-corrected chi connectivity index (χ0v) is 26.9. The third-order valence-electron chi connectivity index (χ3n) is 9.59. The predicted molar refractivity (Wildman–Crippen MR) is 166 cm³/mol. The highest BCUT2D eigenvalue weighted by Gasteiger charge is 2.53. The van der Waals surface area contributed by atoms with Crippen LogP contribution in [0.3, 0.4) is 0 Å². The van der Waals surface area contributed by atoms with Crippen LogP contribution in [0.15, 0.2) is 144 Å². The van der Waals surface area contributed by atoms with E-state index < -0.39 is 0 Å². The van der Waals surface area contributed by atoms with Crippen LogP contribution < -0.4 is 54.6 Å². The van der Waals surface area contributed by atoms with Gasteiger partial charge in [0.25, 0.3) is 0 Å². The molecule has 4 aliphatic carbocycles. The Balaban J connectivity index is 0.00000123. The van der Waals surface area contributed by atoms with Gasteiger partial charge in [0.2, 0.25) is 22.1 Å². The summed E-state index contributed by atoms with van der Waals surface area (Å²) in [5, 5.41) is 2.21. The molecule has 4 aromatic rings. The van der Waals surface area contributed by atoms with Crippen LogP contribution in [0.5, 0.6) is 0 Å². The average Bonchev–Trinajstić information content (AvgIpc) is 3.74. The van der Waals surface area contributed by atoms with E-state index in [0.29, 0.717) is 0 Å². The number of aromatic nitrogens is 2. The lowest BCUT2D eigenvalue weighted by Crippen LogP contribution is -3.00. The van der Waals surface area contributed by atoms with E-state index >= 15 is 0 Å². The molecule has 2 heterocycles. The Hall–Kier alpha value is -3.78. The van der Waals surface area contributed by atoms with Crippen molar-refractivity contribution in [2.45, 2.75) is 36.8 Å². The Bertz CT molecular complexity index is 1760. The molecule has 5 nitrogen and oxygen atoms in total. The van der Waals surface area contributed by atoms with Gasteiger partial charge in [0.1, 0.15) is 0 Å². The minimum absolute atomic E-state index is 0. The van der Waals surface area contributed by atoms with Crippen LogP contribution in [0, 0.1) is 0 Å². The summed E-state index contributed by atoms with van der Waals surface area (Å²) in [4.78, 5) is 0. The minimum Gasteiger partial charge on any atom is -1.00 e. The molecule has 8 rings (SSSR count). The minimum atomic E-state index is -0.188. The fourth-order valence-corrected chi connectivity index (χ4v) is 7.68. The number of pyridine rings is 2. The maximum absolute atomic E-state index is 6.41. The Morgan fingerprint density at radius 2 is 0.860 bits per heavy atom. The van der Waals surface area contributed by atoms with Gasteiger partial charge in [-0.15, -0.1) is 0 Å². The molecule has 0 saturated carbocycles. The highest BCUT2D eigenvalue weighted by molar-refractivity contribution is 5.88. The van der Waals surface area contributed by atoms with Gasteiger partial charge in [-0.25, -0.2) is 0 Å². The molecule has 2 aromatic carbocycles. The van der Waals surface area contributed by atoms with E-state index in [0.717, 1.165) is 47.8 Å². The molecule has 2 aromatic heterocycles. The molecule has 0 saturated heterocycles. The predicted octanol–water partition coefficient (Wildman–Crippen LogP) is -0.561. The van der Waals surface area contributed by atoms with Crippen LogP contribution in [0.1, 0.15) is 25.7 Å². The maximum atomic E-state index is 6.41. The van der Waals surface area contributed by atoms with Gasteiger partial charge in [-0.2, -0.15) is 9.13 Å². The van der Waals surface area contributed by atoms with E-state index in [9.17, 15) is 0 Å². The van der Waals surface area contributed by atoms with Crippen LogP contribution in [0.2, 0.25) is 0 Å². The van der Waals surface area contributed by atoms with Gasteiger partial charge in [-0.05, 0) is 25.0 Å². The number of anilines is 2. The number of hydrogen-bond donors (Lipinski definition) is 2. The first kappa shape index (κ1) is 30.7. The van der Waals surface area contributed by atoms with Crippen molar-refractivity contribution in [2.75, 3.05) is 11.5 Å². The Kier molecular flexibility index (Phi) is 8.11. The van der Waals surface area contributed by atoms with Gasteiger partial charge in [-0.3, -0.25) is 0 Å². The van der Waals surface area contributed by atoms with Crippen molar-refractivity contribution in [1.29, 1.82) is 0 Å². The summed E-state index contributed by atoms with van der Waals surface area (Å²) in [5.41, 5.74) is 21.9. The number of halogens is 2. The second-order valence-corrected chi connectivity index (χ2v) is 11.4. The van der Waals surface area contributed by atoms with Crippen LogP contribution in [-0.2, 0) is 11.1 Å². The van der Waals surface area contributed by atoms with E-state index in [4.69, 9.17) is 11.5 Å². The molecule has 0 unspecified atom stereocenters. The van der Waals surface area contributed by atoms with E-state index in [1.54, 1.807) is 0 Å². The number of hydrogen-bond acceptors (Lipinski definition) is 2. The van der Waals surface area contributed by atoms with Gasteiger partial charge in [-0.1, -0.05) is 72.9 Å². The highest BCUT2D eigenvalue weighted by Crippen LogP contribution is 2.48. The van der Waals surface area contributed by atoms with E-state index in [-0.39, 0.29) is 50.5 Å². The molecule has 0 atom stereocenters. The second-order valence-electron chi connectivity index (χ2n) is 11.4. The molecule has 0 radical (unpaired) electrons. The number of rotatable bonds is 7. The van der Waals surface area contributed by atoms with Crippen LogP contribution in [-0.4, -0.2) is 5.48 Å². The Labute approximate surface area is 272 Å². The highest BCUT2D eigenvalue weighted by atomic mass is 79.9. The third-order valence-corrected chi connectivity index (χ3v) is 9.59.